The molecule has 0 radical (unpaired) electrons. The van der Waals surface area contributed by atoms with Crippen LogP contribution in [-0.4, -0.2) is 6.61 Å². The van der Waals surface area contributed by atoms with Crippen LogP contribution in [-0.2, 0) is 0 Å². The summed E-state index contributed by atoms with van der Waals surface area (Å²) in [5, 5.41) is 0. The van der Waals surface area contributed by atoms with Crippen LogP contribution < -0.4 is 4.74 Å². The maximum Gasteiger partial charge on any atom is 0.120 e. The number of hydrogen-bond acceptors (Lipinski definition) is 1. The molecule has 5 aromatic rings. The summed E-state index contributed by atoms with van der Waals surface area (Å²) in [6, 6.07) is 43.6. The molecule has 0 aromatic heterocycles. The highest BCUT2D eigenvalue weighted by molar-refractivity contribution is 5.84. The van der Waals surface area contributed by atoms with E-state index in [1.54, 1.807) is 0 Å². The van der Waals surface area contributed by atoms with Gasteiger partial charge in [0.15, 0.2) is 0 Å². The first-order valence-electron chi connectivity index (χ1n) is 13.8. The van der Waals surface area contributed by atoms with Crippen LogP contribution in [0.25, 0.3) is 27.8 Å². The Balaban J connectivity index is 1.54. The highest BCUT2D eigenvalue weighted by Gasteiger charge is 2.13. The SMILES string of the molecule is CCC(COc1cccc(C)c1)=C(c1ccc(-c2cccc(C)c2)cc1)c1ccc(-c2cccc(C)c2)cc1. The Labute approximate surface area is 233 Å². The first kappa shape index (κ1) is 26.3. The summed E-state index contributed by atoms with van der Waals surface area (Å²) in [4.78, 5) is 0. The number of ether oxygens (including phenoxy) is 1. The van der Waals surface area contributed by atoms with Gasteiger partial charge in [0, 0.05) is 0 Å². The van der Waals surface area contributed by atoms with Gasteiger partial charge < -0.3 is 4.74 Å². The summed E-state index contributed by atoms with van der Waals surface area (Å²) >= 11 is 0. The van der Waals surface area contributed by atoms with Gasteiger partial charge in [0.2, 0.25) is 0 Å². The maximum atomic E-state index is 6.32. The monoisotopic (exact) mass is 508 g/mol. The van der Waals surface area contributed by atoms with Crippen molar-refractivity contribution in [2.75, 3.05) is 6.61 Å². The molecule has 39 heavy (non-hydrogen) atoms. The van der Waals surface area contributed by atoms with E-state index in [2.05, 4.69) is 143 Å². The quantitative estimate of drug-likeness (QED) is 0.203. The Morgan fingerprint density at radius 3 is 1.41 bits per heavy atom. The topological polar surface area (TPSA) is 9.23 Å². The molecule has 194 valence electrons. The second kappa shape index (κ2) is 12.0. The minimum absolute atomic E-state index is 0.550. The van der Waals surface area contributed by atoms with Gasteiger partial charge in [-0.3, -0.25) is 0 Å². The van der Waals surface area contributed by atoms with Gasteiger partial charge in [0.1, 0.15) is 12.4 Å². The summed E-state index contributed by atoms with van der Waals surface area (Å²) in [6.45, 7) is 9.15. The molecule has 0 aliphatic rings. The van der Waals surface area contributed by atoms with Gasteiger partial charge in [-0.25, -0.2) is 0 Å². The van der Waals surface area contributed by atoms with E-state index in [1.807, 2.05) is 6.07 Å². The van der Waals surface area contributed by atoms with Crippen molar-refractivity contribution in [2.24, 2.45) is 0 Å². The molecular weight excluding hydrogens is 472 g/mol. The minimum atomic E-state index is 0.550. The molecule has 1 heteroatoms. The Bertz CT molecular complexity index is 1500. The lowest BCUT2D eigenvalue weighted by Crippen LogP contribution is -2.05. The molecule has 0 atom stereocenters. The molecule has 0 amide bonds. The van der Waals surface area contributed by atoms with Crippen molar-refractivity contribution >= 4 is 5.57 Å². The van der Waals surface area contributed by atoms with Gasteiger partial charge in [-0.2, -0.15) is 0 Å². The smallest absolute Gasteiger partial charge is 0.120 e. The zero-order valence-electron chi connectivity index (χ0n) is 23.4. The summed E-state index contributed by atoms with van der Waals surface area (Å²) in [7, 11) is 0. The molecule has 0 heterocycles. The van der Waals surface area contributed by atoms with Crippen molar-refractivity contribution in [3.8, 4) is 28.0 Å². The summed E-state index contributed by atoms with van der Waals surface area (Å²) < 4.78 is 6.32. The van der Waals surface area contributed by atoms with Crippen LogP contribution in [0, 0.1) is 20.8 Å². The van der Waals surface area contributed by atoms with Crippen LogP contribution >= 0.6 is 0 Å². The van der Waals surface area contributed by atoms with Gasteiger partial charge >= 0.3 is 0 Å². The molecule has 0 saturated carbocycles. The summed E-state index contributed by atoms with van der Waals surface area (Å²) in [5.74, 6) is 0.907. The molecule has 0 N–H and O–H groups in total. The van der Waals surface area contributed by atoms with Crippen molar-refractivity contribution in [3.63, 3.8) is 0 Å². The molecule has 0 unspecified atom stereocenters. The largest absolute Gasteiger partial charge is 0.489 e. The van der Waals surface area contributed by atoms with E-state index in [0.717, 1.165) is 12.2 Å². The normalized spacial score (nSPS) is 10.8. The third-order valence-electron chi connectivity index (χ3n) is 7.23. The predicted octanol–water partition coefficient (Wildman–Crippen LogP) is 10.2. The molecule has 0 aliphatic heterocycles. The average Bonchev–Trinajstić information content (AvgIpc) is 2.96. The molecule has 1 nitrogen and oxygen atoms in total. The number of rotatable bonds is 8. The number of aryl methyl sites for hydroxylation is 3. The van der Waals surface area contributed by atoms with Crippen LogP contribution in [0.3, 0.4) is 0 Å². The molecule has 0 spiro atoms. The molecule has 0 fully saturated rings. The first-order chi connectivity index (χ1) is 19.0. The molecular formula is C38H36O. The lowest BCUT2D eigenvalue weighted by molar-refractivity contribution is 0.349. The maximum absolute atomic E-state index is 6.32. The van der Waals surface area contributed by atoms with Crippen molar-refractivity contribution in [2.45, 2.75) is 34.1 Å². The van der Waals surface area contributed by atoms with Crippen molar-refractivity contribution < 1.29 is 4.74 Å². The Morgan fingerprint density at radius 2 is 0.974 bits per heavy atom. The third kappa shape index (κ3) is 6.38. The van der Waals surface area contributed by atoms with Gasteiger partial charge in [-0.05, 0) is 89.4 Å². The van der Waals surface area contributed by atoms with Crippen molar-refractivity contribution in [1.29, 1.82) is 0 Å². The van der Waals surface area contributed by atoms with Gasteiger partial charge in [-0.15, -0.1) is 0 Å². The van der Waals surface area contributed by atoms with Crippen LogP contribution in [0.1, 0.15) is 41.2 Å². The predicted molar refractivity (Wildman–Crippen MR) is 166 cm³/mol. The summed E-state index contributed by atoms with van der Waals surface area (Å²) in [5.41, 5.74) is 13.6. The van der Waals surface area contributed by atoms with Crippen molar-refractivity contribution in [1.82, 2.24) is 0 Å². The van der Waals surface area contributed by atoms with Crippen LogP contribution in [0.4, 0.5) is 0 Å². The van der Waals surface area contributed by atoms with E-state index in [9.17, 15) is 0 Å². The summed E-state index contributed by atoms with van der Waals surface area (Å²) in [6.07, 6.45) is 0.903. The minimum Gasteiger partial charge on any atom is -0.489 e. The Morgan fingerprint density at radius 1 is 0.513 bits per heavy atom. The fourth-order valence-corrected chi connectivity index (χ4v) is 5.11. The number of hydrogen-bond donors (Lipinski definition) is 0. The van der Waals surface area contributed by atoms with E-state index in [4.69, 9.17) is 4.74 Å². The van der Waals surface area contributed by atoms with E-state index in [-0.39, 0.29) is 0 Å². The zero-order valence-corrected chi connectivity index (χ0v) is 23.4. The fraction of sp³-hybridized carbons (Fsp3) is 0.158. The van der Waals surface area contributed by atoms with E-state index < -0.39 is 0 Å². The van der Waals surface area contributed by atoms with E-state index in [1.165, 1.54) is 61.2 Å². The molecule has 5 aromatic carbocycles. The highest BCUT2D eigenvalue weighted by atomic mass is 16.5. The molecule has 0 saturated heterocycles. The molecule has 5 rings (SSSR count). The standard InChI is InChI=1S/C38H36O/c1-5-30(26-39-37-14-8-11-29(4)25-37)38(33-19-15-31(16-20-33)35-12-6-9-27(2)23-35)34-21-17-32(18-22-34)36-13-7-10-28(3)24-36/h6-25H,5,26H2,1-4H3. The van der Waals surface area contributed by atoms with Crippen molar-refractivity contribution in [3.05, 3.63) is 155 Å². The molecule has 0 bridgehead atoms. The van der Waals surface area contributed by atoms with Crippen LogP contribution in [0.2, 0.25) is 0 Å². The zero-order chi connectivity index (χ0) is 27.2. The lowest BCUT2D eigenvalue weighted by Gasteiger charge is -2.18. The molecule has 0 aliphatic carbocycles. The second-order valence-corrected chi connectivity index (χ2v) is 10.3. The Hall–Kier alpha value is -4.36. The van der Waals surface area contributed by atoms with E-state index in [0.29, 0.717) is 6.61 Å². The van der Waals surface area contributed by atoms with E-state index >= 15 is 0 Å². The van der Waals surface area contributed by atoms with Gasteiger partial charge in [-0.1, -0.05) is 127 Å². The third-order valence-corrected chi connectivity index (χ3v) is 7.23. The lowest BCUT2D eigenvalue weighted by atomic mass is 9.89. The highest BCUT2D eigenvalue weighted by Crippen LogP contribution is 2.33. The second-order valence-electron chi connectivity index (χ2n) is 10.3. The van der Waals surface area contributed by atoms with Crippen LogP contribution in [0.5, 0.6) is 5.75 Å². The first-order valence-corrected chi connectivity index (χ1v) is 13.8. The Kier molecular flexibility index (Phi) is 8.08. The van der Waals surface area contributed by atoms with Crippen LogP contribution in [0.15, 0.2) is 127 Å². The van der Waals surface area contributed by atoms with Gasteiger partial charge in [0.25, 0.3) is 0 Å². The average molecular weight is 509 g/mol. The number of benzene rings is 5. The van der Waals surface area contributed by atoms with Gasteiger partial charge in [0.05, 0.1) is 0 Å². The fourth-order valence-electron chi connectivity index (χ4n) is 5.11.